The van der Waals surface area contributed by atoms with Gasteiger partial charge in [0.1, 0.15) is 0 Å². The average Bonchev–Trinajstić information content (AvgIpc) is 2.68. The molecule has 2 unspecified atom stereocenters. The van der Waals surface area contributed by atoms with Gasteiger partial charge in [-0.1, -0.05) is 30.3 Å². The van der Waals surface area contributed by atoms with E-state index in [1.807, 2.05) is 30.0 Å². The fraction of sp³-hybridized carbons (Fsp3) is 0.600. The third kappa shape index (κ3) is 5.15. The zero-order valence-corrected chi connectivity index (χ0v) is 12.2. The molecular weight excluding hydrogens is 256 g/mol. The summed E-state index contributed by atoms with van der Waals surface area (Å²) in [6.07, 6.45) is 1.51. The molecule has 4 heteroatoms. The van der Waals surface area contributed by atoms with Crippen LogP contribution in [0.15, 0.2) is 30.3 Å². The number of thioether (sulfide) groups is 1. The maximum absolute atomic E-state index is 10.2. The molecule has 1 saturated heterocycles. The summed E-state index contributed by atoms with van der Waals surface area (Å²) in [6.45, 7) is 2.86. The Balaban J connectivity index is 1.79. The summed E-state index contributed by atoms with van der Waals surface area (Å²) >= 11 is 2.00. The van der Waals surface area contributed by atoms with E-state index in [9.17, 15) is 5.11 Å². The van der Waals surface area contributed by atoms with Crippen molar-refractivity contribution in [2.45, 2.75) is 25.0 Å². The predicted molar refractivity (Wildman–Crippen MR) is 82.5 cm³/mol. The topological polar surface area (TPSA) is 49.5 Å². The van der Waals surface area contributed by atoms with Crippen LogP contribution in [0.2, 0.25) is 0 Å². The molecule has 1 heterocycles. The minimum Gasteiger partial charge on any atom is -0.390 e. The summed E-state index contributed by atoms with van der Waals surface area (Å²) in [5.41, 5.74) is 7.32. The van der Waals surface area contributed by atoms with Crippen molar-refractivity contribution in [2.24, 2.45) is 5.73 Å². The lowest BCUT2D eigenvalue weighted by Crippen LogP contribution is -2.45. The smallest absolute Gasteiger partial charge is 0.0820 e. The Labute approximate surface area is 120 Å². The molecular formula is C15H24N2OS. The SMILES string of the molecule is NC(Cc1ccccc1)C(O)CN1CCCSCC1. The van der Waals surface area contributed by atoms with E-state index in [0.29, 0.717) is 6.54 Å². The molecule has 1 aromatic rings. The van der Waals surface area contributed by atoms with Crippen molar-refractivity contribution in [1.82, 2.24) is 4.90 Å². The Bertz CT molecular complexity index is 352. The first kappa shape index (κ1) is 14.9. The fourth-order valence-corrected chi connectivity index (χ4v) is 3.33. The molecule has 1 fully saturated rings. The predicted octanol–water partition coefficient (Wildman–Crippen LogP) is 1.36. The second kappa shape index (κ2) is 7.90. The molecule has 0 radical (unpaired) electrons. The zero-order chi connectivity index (χ0) is 13.5. The summed E-state index contributed by atoms with van der Waals surface area (Å²) in [6, 6.07) is 9.98. The Hall–Kier alpha value is -0.550. The molecule has 0 bridgehead atoms. The van der Waals surface area contributed by atoms with Crippen molar-refractivity contribution in [3.63, 3.8) is 0 Å². The molecule has 1 aromatic carbocycles. The lowest BCUT2D eigenvalue weighted by Gasteiger charge is -2.26. The van der Waals surface area contributed by atoms with E-state index in [1.54, 1.807) is 0 Å². The van der Waals surface area contributed by atoms with E-state index in [1.165, 1.54) is 23.5 Å². The van der Waals surface area contributed by atoms with Crippen molar-refractivity contribution < 1.29 is 5.11 Å². The van der Waals surface area contributed by atoms with Crippen LogP contribution in [-0.2, 0) is 6.42 Å². The molecule has 2 atom stereocenters. The van der Waals surface area contributed by atoms with Crippen molar-refractivity contribution >= 4 is 11.8 Å². The summed E-state index contributed by atoms with van der Waals surface area (Å²) in [7, 11) is 0. The minimum absolute atomic E-state index is 0.182. The lowest BCUT2D eigenvalue weighted by atomic mass is 10.0. The van der Waals surface area contributed by atoms with Crippen molar-refractivity contribution in [3.05, 3.63) is 35.9 Å². The summed E-state index contributed by atoms with van der Waals surface area (Å²) < 4.78 is 0. The van der Waals surface area contributed by atoms with Crippen LogP contribution in [0, 0.1) is 0 Å². The van der Waals surface area contributed by atoms with Crippen LogP contribution in [-0.4, -0.2) is 53.3 Å². The number of nitrogens with zero attached hydrogens (tertiary/aromatic N) is 1. The van der Waals surface area contributed by atoms with Gasteiger partial charge >= 0.3 is 0 Å². The number of benzene rings is 1. The van der Waals surface area contributed by atoms with E-state index in [4.69, 9.17) is 5.73 Å². The van der Waals surface area contributed by atoms with Crippen LogP contribution in [0.1, 0.15) is 12.0 Å². The molecule has 3 nitrogen and oxygen atoms in total. The molecule has 0 aliphatic carbocycles. The summed E-state index contributed by atoms with van der Waals surface area (Å²) in [4.78, 5) is 2.34. The maximum Gasteiger partial charge on any atom is 0.0820 e. The van der Waals surface area contributed by atoms with Gasteiger partial charge in [-0.15, -0.1) is 0 Å². The van der Waals surface area contributed by atoms with Crippen LogP contribution < -0.4 is 5.73 Å². The highest BCUT2D eigenvalue weighted by Gasteiger charge is 2.19. The fourth-order valence-electron chi connectivity index (χ4n) is 2.40. The second-order valence-electron chi connectivity index (χ2n) is 5.19. The van der Waals surface area contributed by atoms with Gasteiger partial charge in [0.2, 0.25) is 0 Å². The maximum atomic E-state index is 10.2. The molecule has 0 saturated carbocycles. The quantitative estimate of drug-likeness (QED) is 0.855. The van der Waals surface area contributed by atoms with E-state index in [-0.39, 0.29) is 6.04 Å². The van der Waals surface area contributed by atoms with E-state index < -0.39 is 6.10 Å². The highest BCUT2D eigenvalue weighted by Crippen LogP contribution is 2.11. The van der Waals surface area contributed by atoms with Crippen LogP contribution in [0.4, 0.5) is 0 Å². The van der Waals surface area contributed by atoms with Gasteiger partial charge in [-0.3, -0.25) is 4.90 Å². The van der Waals surface area contributed by atoms with Crippen molar-refractivity contribution in [1.29, 1.82) is 0 Å². The Kier molecular flexibility index (Phi) is 6.17. The first-order chi connectivity index (χ1) is 9.25. The van der Waals surface area contributed by atoms with Gasteiger partial charge in [0.05, 0.1) is 6.10 Å². The third-order valence-corrected chi connectivity index (χ3v) is 4.62. The second-order valence-corrected chi connectivity index (χ2v) is 6.41. The number of nitrogens with two attached hydrogens (primary N) is 1. The van der Waals surface area contributed by atoms with Gasteiger partial charge in [-0.05, 0) is 30.7 Å². The normalized spacial score (nSPS) is 20.7. The Morgan fingerprint density at radius 1 is 1.21 bits per heavy atom. The zero-order valence-electron chi connectivity index (χ0n) is 11.4. The molecule has 1 aliphatic heterocycles. The van der Waals surface area contributed by atoms with Crippen LogP contribution in [0.25, 0.3) is 0 Å². The van der Waals surface area contributed by atoms with Crippen molar-refractivity contribution in [3.8, 4) is 0 Å². The molecule has 0 aromatic heterocycles. The Morgan fingerprint density at radius 2 is 2.00 bits per heavy atom. The molecule has 19 heavy (non-hydrogen) atoms. The van der Waals surface area contributed by atoms with Gasteiger partial charge in [-0.2, -0.15) is 11.8 Å². The Morgan fingerprint density at radius 3 is 2.79 bits per heavy atom. The van der Waals surface area contributed by atoms with Crippen molar-refractivity contribution in [2.75, 3.05) is 31.1 Å². The number of hydrogen-bond acceptors (Lipinski definition) is 4. The standard InChI is InChI=1S/C15H24N2OS/c16-14(11-13-5-2-1-3-6-13)15(18)12-17-7-4-9-19-10-8-17/h1-3,5-6,14-15,18H,4,7-12,16H2. The average molecular weight is 280 g/mol. The number of hydrogen-bond donors (Lipinski definition) is 2. The molecule has 0 amide bonds. The molecule has 1 aliphatic rings. The van der Waals surface area contributed by atoms with E-state index in [0.717, 1.165) is 19.5 Å². The first-order valence-electron chi connectivity index (χ1n) is 7.03. The highest BCUT2D eigenvalue weighted by atomic mass is 32.2. The van der Waals surface area contributed by atoms with Gasteiger partial charge in [0.25, 0.3) is 0 Å². The van der Waals surface area contributed by atoms with Gasteiger partial charge < -0.3 is 10.8 Å². The lowest BCUT2D eigenvalue weighted by molar-refractivity contribution is 0.0943. The van der Waals surface area contributed by atoms with Gasteiger partial charge in [0, 0.05) is 24.9 Å². The summed E-state index contributed by atoms with van der Waals surface area (Å²) in [5, 5.41) is 10.2. The molecule has 3 N–H and O–H groups in total. The van der Waals surface area contributed by atoms with Crippen LogP contribution >= 0.6 is 11.8 Å². The van der Waals surface area contributed by atoms with E-state index in [2.05, 4.69) is 17.0 Å². The molecule has 2 rings (SSSR count). The van der Waals surface area contributed by atoms with Crippen LogP contribution in [0.3, 0.4) is 0 Å². The minimum atomic E-state index is -0.441. The molecule has 0 spiro atoms. The van der Waals surface area contributed by atoms with Gasteiger partial charge in [-0.25, -0.2) is 0 Å². The molecule has 106 valence electrons. The number of aliphatic hydroxyl groups is 1. The summed E-state index contributed by atoms with van der Waals surface area (Å²) in [5.74, 6) is 2.41. The number of β-amino-alcohol motifs (C(OH)–C–C–N with tert-alkyl or cyclic N) is 1. The largest absolute Gasteiger partial charge is 0.390 e. The van der Waals surface area contributed by atoms with Crippen LogP contribution in [0.5, 0.6) is 0 Å². The van der Waals surface area contributed by atoms with Gasteiger partial charge in [0.15, 0.2) is 0 Å². The number of aliphatic hydroxyl groups excluding tert-OH is 1. The highest BCUT2D eigenvalue weighted by molar-refractivity contribution is 7.99. The first-order valence-corrected chi connectivity index (χ1v) is 8.19. The number of rotatable bonds is 5. The van der Waals surface area contributed by atoms with E-state index >= 15 is 0 Å². The monoisotopic (exact) mass is 280 g/mol. The third-order valence-electron chi connectivity index (χ3n) is 3.57.